The Bertz CT molecular complexity index is 290. The number of Topliss-reactive ketones (excluding diaryl/α,β-unsaturated/α-hetero) is 1. The Hall–Kier alpha value is -0.900. The molecule has 1 atom stereocenters. The zero-order valence-electron chi connectivity index (χ0n) is 11.9. The fourth-order valence-electron chi connectivity index (χ4n) is 2.57. The number of ketones is 1. The van der Waals surface area contributed by atoms with Crippen molar-refractivity contribution in [3.05, 3.63) is 0 Å². The first-order valence-electron chi connectivity index (χ1n) is 6.94. The van der Waals surface area contributed by atoms with Crippen LogP contribution in [0.15, 0.2) is 0 Å². The molecule has 1 heterocycles. The van der Waals surface area contributed by atoms with Gasteiger partial charge in [-0.1, -0.05) is 6.42 Å². The van der Waals surface area contributed by atoms with Crippen LogP contribution in [-0.2, 0) is 9.59 Å². The Morgan fingerprint density at radius 3 is 2.61 bits per heavy atom. The van der Waals surface area contributed by atoms with E-state index in [1.54, 1.807) is 25.9 Å². The lowest BCUT2D eigenvalue weighted by atomic mass is 9.97. The van der Waals surface area contributed by atoms with Crippen molar-refractivity contribution in [2.75, 3.05) is 27.2 Å². The van der Waals surface area contributed by atoms with E-state index in [-0.39, 0.29) is 11.7 Å². The van der Waals surface area contributed by atoms with Gasteiger partial charge >= 0.3 is 0 Å². The first-order chi connectivity index (χ1) is 8.50. The van der Waals surface area contributed by atoms with Crippen molar-refractivity contribution in [3.63, 3.8) is 0 Å². The summed E-state index contributed by atoms with van der Waals surface area (Å²) >= 11 is 0. The lowest BCUT2D eigenvalue weighted by molar-refractivity contribution is -0.129. The molecule has 1 unspecified atom stereocenters. The summed E-state index contributed by atoms with van der Waals surface area (Å²) in [5.41, 5.74) is 0. The van der Waals surface area contributed by atoms with Gasteiger partial charge in [-0.15, -0.1) is 0 Å². The summed E-state index contributed by atoms with van der Waals surface area (Å²) in [6, 6.07) is 0.408. The maximum atomic E-state index is 11.5. The van der Waals surface area contributed by atoms with Gasteiger partial charge in [-0.3, -0.25) is 14.5 Å². The summed E-state index contributed by atoms with van der Waals surface area (Å²) in [6.07, 6.45) is 5.74. The van der Waals surface area contributed by atoms with Gasteiger partial charge in [-0.2, -0.15) is 0 Å². The number of nitrogens with zero attached hydrogens (tertiary/aromatic N) is 2. The summed E-state index contributed by atoms with van der Waals surface area (Å²) in [7, 11) is 3.59. The minimum absolute atomic E-state index is 0.190. The zero-order chi connectivity index (χ0) is 13.5. The van der Waals surface area contributed by atoms with Crippen LogP contribution >= 0.6 is 0 Å². The van der Waals surface area contributed by atoms with Gasteiger partial charge in [-0.05, 0) is 39.3 Å². The third-order valence-corrected chi connectivity index (χ3v) is 3.61. The van der Waals surface area contributed by atoms with E-state index in [9.17, 15) is 9.59 Å². The molecule has 1 aliphatic heterocycles. The van der Waals surface area contributed by atoms with E-state index in [0.717, 1.165) is 25.9 Å². The predicted octanol–water partition coefficient (Wildman–Crippen LogP) is 1.69. The molecule has 1 aliphatic rings. The summed E-state index contributed by atoms with van der Waals surface area (Å²) in [4.78, 5) is 26.8. The van der Waals surface area contributed by atoms with E-state index in [2.05, 4.69) is 4.90 Å². The second-order valence-corrected chi connectivity index (χ2v) is 5.48. The fraction of sp³-hybridized carbons (Fsp3) is 0.857. The van der Waals surface area contributed by atoms with Crippen molar-refractivity contribution >= 4 is 11.7 Å². The summed E-state index contributed by atoms with van der Waals surface area (Å²) in [5, 5.41) is 0. The number of hydrogen-bond acceptors (Lipinski definition) is 3. The highest BCUT2D eigenvalue weighted by atomic mass is 16.2. The van der Waals surface area contributed by atoms with Crippen LogP contribution < -0.4 is 0 Å². The molecule has 0 aromatic carbocycles. The van der Waals surface area contributed by atoms with Gasteiger partial charge in [0.15, 0.2) is 0 Å². The molecule has 1 rings (SSSR count). The van der Waals surface area contributed by atoms with Crippen LogP contribution in [0.2, 0.25) is 0 Å². The molecule has 0 N–H and O–H groups in total. The molecule has 0 aromatic rings. The van der Waals surface area contributed by atoms with E-state index in [1.165, 1.54) is 12.8 Å². The van der Waals surface area contributed by atoms with Crippen molar-refractivity contribution < 1.29 is 9.59 Å². The molecule has 4 heteroatoms. The van der Waals surface area contributed by atoms with Crippen LogP contribution in [0, 0.1) is 0 Å². The van der Waals surface area contributed by atoms with Gasteiger partial charge in [0, 0.05) is 33.0 Å². The number of amides is 1. The van der Waals surface area contributed by atoms with Gasteiger partial charge in [0.2, 0.25) is 5.91 Å². The molecule has 18 heavy (non-hydrogen) atoms. The maximum absolute atomic E-state index is 11.5. The fourth-order valence-corrected chi connectivity index (χ4v) is 2.57. The molecule has 0 bridgehead atoms. The Balaban J connectivity index is 2.33. The van der Waals surface area contributed by atoms with E-state index >= 15 is 0 Å². The van der Waals surface area contributed by atoms with Crippen molar-refractivity contribution in [2.45, 2.75) is 51.5 Å². The number of carbonyl (C=O) groups excluding carboxylic acids is 2. The average molecular weight is 254 g/mol. The molecule has 0 spiro atoms. The molecular formula is C14H26N2O2. The summed E-state index contributed by atoms with van der Waals surface area (Å²) in [6.45, 7) is 3.69. The highest BCUT2D eigenvalue weighted by molar-refractivity contribution is 5.76. The van der Waals surface area contributed by atoms with Gasteiger partial charge in [0.25, 0.3) is 0 Å². The lowest BCUT2D eigenvalue weighted by Gasteiger charge is -2.35. The maximum Gasteiger partial charge on any atom is 0.222 e. The van der Waals surface area contributed by atoms with E-state index < -0.39 is 0 Å². The van der Waals surface area contributed by atoms with Crippen molar-refractivity contribution in [1.29, 1.82) is 0 Å². The highest BCUT2D eigenvalue weighted by Crippen LogP contribution is 2.20. The third kappa shape index (κ3) is 5.17. The topological polar surface area (TPSA) is 40.6 Å². The molecule has 0 aliphatic carbocycles. The zero-order valence-corrected chi connectivity index (χ0v) is 11.9. The first-order valence-corrected chi connectivity index (χ1v) is 6.94. The van der Waals surface area contributed by atoms with E-state index in [0.29, 0.717) is 18.9 Å². The normalized spacial score (nSPS) is 20.7. The molecule has 0 saturated carbocycles. The summed E-state index contributed by atoms with van der Waals surface area (Å²) in [5.74, 6) is 0.464. The van der Waals surface area contributed by atoms with Gasteiger partial charge < -0.3 is 4.90 Å². The minimum Gasteiger partial charge on any atom is -0.349 e. The predicted molar refractivity (Wildman–Crippen MR) is 72.4 cm³/mol. The van der Waals surface area contributed by atoms with Crippen LogP contribution in [-0.4, -0.2) is 54.7 Å². The lowest BCUT2D eigenvalue weighted by Crippen LogP contribution is -2.41. The molecule has 4 nitrogen and oxygen atoms in total. The first kappa shape index (κ1) is 15.2. The number of carbonyl (C=O) groups is 2. The number of piperidine rings is 1. The van der Waals surface area contributed by atoms with Crippen molar-refractivity contribution in [3.8, 4) is 0 Å². The van der Waals surface area contributed by atoms with E-state index in [4.69, 9.17) is 0 Å². The molecule has 0 aromatic heterocycles. The highest BCUT2D eigenvalue weighted by Gasteiger charge is 2.23. The monoisotopic (exact) mass is 254 g/mol. The molecule has 1 amide bonds. The van der Waals surface area contributed by atoms with Crippen LogP contribution in [0.4, 0.5) is 0 Å². The Morgan fingerprint density at radius 2 is 2.00 bits per heavy atom. The summed E-state index contributed by atoms with van der Waals surface area (Å²) < 4.78 is 0. The van der Waals surface area contributed by atoms with Crippen LogP contribution in [0.1, 0.15) is 45.4 Å². The van der Waals surface area contributed by atoms with Crippen molar-refractivity contribution in [1.82, 2.24) is 9.80 Å². The second kappa shape index (κ2) is 7.52. The Kier molecular flexibility index (Phi) is 6.33. The molecule has 1 saturated heterocycles. The van der Waals surface area contributed by atoms with Gasteiger partial charge in [-0.25, -0.2) is 0 Å². The van der Waals surface area contributed by atoms with Gasteiger partial charge in [0.1, 0.15) is 5.78 Å². The standard InChI is InChI=1S/C14H26N2O2/c1-12(17)11-13-7-4-5-9-16(13)10-6-8-14(18)15(2)3/h13H,4-11H2,1-3H3. The van der Waals surface area contributed by atoms with Crippen molar-refractivity contribution in [2.24, 2.45) is 0 Å². The molecule has 104 valence electrons. The van der Waals surface area contributed by atoms with Gasteiger partial charge in [0.05, 0.1) is 0 Å². The second-order valence-electron chi connectivity index (χ2n) is 5.48. The van der Waals surface area contributed by atoms with Crippen LogP contribution in [0.25, 0.3) is 0 Å². The van der Waals surface area contributed by atoms with Crippen LogP contribution in [0.5, 0.6) is 0 Å². The Morgan fingerprint density at radius 1 is 1.28 bits per heavy atom. The van der Waals surface area contributed by atoms with E-state index in [1.807, 2.05) is 0 Å². The average Bonchev–Trinajstić information content (AvgIpc) is 2.30. The smallest absolute Gasteiger partial charge is 0.222 e. The quantitative estimate of drug-likeness (QED) is 0.724. The SMILES string of the molecule is CC(=O)CC1CCCCN1CCCC(=O)N(C)C. The molecule has 1 fully saturated rings. The molecular weight excluding hydrogens is 228 g/mol. The largest absolute Gasteiger partial charge is 0.349 e. The third-order valence-electron chi connectivity index (χ3n) is 3.61. The number of rotatable bonds is 6. The molecule has 0 radical (unpaired) electrons. The minimum atomic E-state index is 0.190. The Labute approximate surface area is 110 Å². The number of likely N-dealkylation sites (tertiary alicyclic amines) is 1. The number of hydrogen-bond donors (Lipinski definition) is 0. The van der Waals surface area contributed by atoms with Crippen LogP contribution in [0.3, 0.4) is 0 Å².